The summed E-state index contributed by atoms with van der Waals surface area (Å²) in [6.07, 6.45) is 4.42. The number of nitrogens with zero attached hydrogens (tertiary/aromatic N) is 3. The molecule has 1 atom stereocenters. The minimum atomic E-state index is -0.630. The summed E-state index contributed by atoms with van der Waals surface area (Å²) < 4.78 is 5.25. The molecule has 20 heavy (non-hydrogen) atoms. The molecule has 0 saturated heterocycles. The summed E-state index contributed by atoms with van der Waals surface area (Å²) in [5.41, 5.74) is 6.48. The van der Waals surface area contributed by atoms with Gasteiger partial charge in [-0.2, -0.15) is 5.26 Å². The number of hydrogen-bond acceptors (Lipinski definition) is 6. The fraction of sp³-hybridized carbons (Fsp3) is 0.0769. The first kappa shape index (κ1) is 11.9. The van der Waals surface area contributed by atoms with Crippen LogP contribution in [0.4, 0.5) is 0 Å². The third-order valence-corrected chi connectivity index (χ3v) is 3.04. The molecule has 0 radical (unpaired) electrons. The average molecular weight is 267 g/mol. The van der Waals surface area contributed by atoms with Gasteiger partial charge in [-0.1, -0.05) is 6.07 Å². The zero-order chi connectivity index (χ0) is 14.1. The van der Waals surface area contributed by atoms with Crippen LogP contribution in [0.25, 0.3) is 0 Å². The number of H-pyrrole nitrogens is 1. The first-order valence-electron chi connectivity index (χ1n) is 5.77. The number of pyridine rings is 1. The highest BCUT2D eigenvalue weighted by atomic mass is 16.5. The van der Waals surface area contributed by atoms with Crippen molar-refractivity contribution >= 4 is 0 Å². The van der Waals surface area contributed by atoms with Crippen molar-refractivity contribution in [2.45, 2.75) is 5.92 Å². The lowest BCUT2D eigenvalue weighted by Gasteiger charge is -2.23. The molecule has 3 rings (SSSR count). The zero-order valence-electron chi connectivity index (χ0n) is 10.2. The van der Waals surface area contributed by atoms with Gasteiger partial charge in [0.1, 0.15) is 11.6 Å². The van der Waals surface area contributed by atoms with Crippen LogP contribution in [0, 0.1) is 11.3 Å². The van der Waals surface area contributed by atoms with E-state index >= 15 is 0 Å². The van der Waals surface area contributed by atoms with Gasteiger partial charge in [0.2, 0.25) is 11.8 Å². The Kier molecular flexibility index (Phi) is 2.69. The van der Waals surface area contributed by atoms with Crippen LogP contribution in [0.5, 0.6) is 5.88 Å². The maximum atomic E-state index is 12.0. The number of ether oxygens (including phenoxy) is 1. The molecule has 2 aromatic heterocycles. The van der Waals surface area contributed by atoms with E-state index in [4.69, 9.17) is 10.5 Å². The molecule has 0 saturated carbocycles. The Labute approximate surface area is 113 Å². The monoisotopic (exact) mass is 267 g/mol. The summed E-state index contributed by atoms with van der Waals surface area (Å²) in [5.74, 6) is -0.569. The predicted octanol–water partition coefficient (Wildman–Crippen LogP) is 0.383. The molecular weight excluding hydrogens is 258 g/mol. The molecule has 0 bridgehead atoms. The lowest BCUT2D eigenvalue weighted by atomic mass is 9.86. The van der Waals surface area contributed by atoms with E-state index < -0.39 is 5.92 Å². The average Bonchev–Trinajstić information content (AvgIpc) is 2.47. The van der Waals surface area contributed by atoms with Crippen LogP contribution in [0.1, 0.15) is 17.0 Å². The van der Waals surface area contributed by atoms with Gasteiger partial charge in [-0.05, 0) is 11.6 Å². The number of rotatable bonds is 1. The summed E-state index contributed by atoms with van der Waals surface area (Å²) >= 11 is 0. The van der Waals surface area contributed by atoms with Gasteiger partial charge in [-0.15, -0.1) is 0 Å². The highest BCUT2D eigenvalue weighted by Crippen LogP contribution is 2.38. The molecule has 98 valence electrons. The molecule has 2 aromatic rings. The van der Waals surface area contributed by atoms with Crippen LogP contribution in [0.15, 0.2) is 47.1 Å². The van der Waals surface area contributed by atoms with E-state index in [1.165, 1.54) is 6.33 Å². The molecule has 0 aliphatic carbocycles. The van der Waals surface area contributed by atoms with Crippen molar-refractivity contribution in [2.24, 2.45) is 5.73 Å². The number of fused-ring (bicyclic) bond motifs is 1. The van der Waals surface area contributed by atoms with Gasteiger partial charge in [0.05, 0.1) is 17.8 Å². The first-order chi connectivity index (χ1) is 9.72. The summed E-state index contributed by atoms with van der Waals surface area (Å²) in [5, 5.41) is 9.29. The number of allylic oxidation sites excluding steroid dienone is 1. The molecular formula is C13H9N5O2. The Morgan fingerprint density at radius 3 is 3.05 bits per heavy atom. The summed E-state index contributed by atoms with van der Waals surface area (Å²) in [7, 11) is 0. The zero-order valence-corrected chi connectivity index (χ0v) is 10.2. The van der Waals surface area contributed by atoms with Crippen LogP contribution < -0.4 is 16.0 Å². The lowest BCUT2D eigenvalue weighted by Crippen LogP contribution is -2.28. The summed E-state index contributed by atoms with van der Waals surface area (Å²) in [6.45, 7) is 0. The molecule has 0 aromatic carbocycles. The smallest absolute Gasteiger partial charge is 0.258 e. The van der Waals surface area contributed by atoms with Crippen molar-refractivity contribution in [2.75, 3.05) is 0 Å². The van der Waals surface area contributed by atoms with Gasteiger partial charge in [-0.3, -0.25) is 9.78 Å². The van der Waals surface area contributed by atoms with Gasteiger partial charge < -0.3 is 15.5 Å². The fourth-order valence-electron chi connectivity index (χ4n) is 2.18. The second kappa shape index (κ2) is 4.51. The molecule has 3 N–H and O–H groups in total. The van der Waals surface area contributed by atoms with Crippen molar-refractivity contribution in [3.63, 3.8) is 0 Å². The quantitative estimate of drug-likeness (QED) is 0.771. The number of hydrogen-bond donors (Lipinski definition) is 2. The number of aromatic amines is 1. The minimum absolute atomic E-state index is 0.0491. The van der Waals surface area contributed by atoms with Crippen LogP contribution in [-0.4, -0.2) is 15.0 Å². The third-order valence-electron chi connectivity index (χ3n) is 3.04. The van der Waals surface area contributed by atoms with E-state index in [1.54, 1.807) is 24.5 Å². The molecule has 1 aliphatic rings. The van der Waals surface area contributed by atoms with Crippen molar-refractivity contribution in [3.8, 4) is 11.9 Å². The standard InChI is InChI=1S/C13H9N5O2/c14-4-8-9(7-2-1-3-16-5-7)10-12(19)17-6-18-13(10)20-11(8)15/h1-3,5-6,9H,15H2,(H,17,18,19). The summed E-state index contributed by atoms with van der Waals surface area (Å²) in [6, 6.07) is 5.48. The number of nitriles is 1. The maximum absolute atomic E-state index is 12.0. The van der Waals surface area contributed by atoms with Gasteiger partial charge in [-0.25, -0.2) is 4.98 Å². The molecule has 7 nitrogen and oxygen atoms in total. The van der Waals surface area contributed by atoms with Crippen molar-refractivity contribution in [1.82, 2.24) is 15.0 Å². The van der Waals surface area contributed by atoms with E-state index in [2.05, 4.69) is 15.0 Å². The van der Waals surface area contributed by atoms with E-state index in [0.29, 0.717) is 5.56 Å². The first-order valence-corrected chi connectivity index (χ1v) is 5.77. The Morgan fingerprint density at radius 2 is 2.35 bits per heavy atom. The van der Waals surface area contributed by atoms with Crippen LogP contribution >= 0.6 is 0 Å². The minimum Gasteiger partial charge on any atom is -0.422 e. The van der Waals surface area contributed by atoms with E-state index in [0.717, 1.165) is 0 Å². The Balaban J connectivity index is 2.31. The second-order valence-electron chi connectivity index (χ2n) is 4.16. The van der Waals surface area contributed by atoms with E-state index in [9.17, 15) is 10.1 Å². The molecule has 3 heterocycles. The molecule has 1 aliphatic heterocycles. The van der Waals surface area contributed by atoms with Crippen LogP contribution in [0.2, 0.25) is 0 Å². The largest absolute Gasteiger partial charge is 0.422 e. The Hall–Kier alpha value is -3.14. The highest BCUT2D eigenvalue weighted by molar-refractivity contribution is 5.51. The molecule has 1 unspecified atom stereocenters. The van der Waals surface area contributed by atoms with Crippen LogP contribution in [0.3, 0.4) is 0 Å². The fourth-order valence-corrected chi connectivity index (χ4v) is 2.18. The third kappa shape index (κ3) is 1.71. The molecule has 0 amide bonds. The topological polar surface area (TPSA) is 118 Å². The van der Waals surface area contributed by atoms with Crippen molar-refractivity contribution < 1.29 is 4.74 Å². The number of nitrogens with one attached hydrogen (secondary N) is 1. The van der Waals surface area contributed by atoms with Gasteiger partial charge in [0, 0.05) is 12.4 Å². The molecule has 0 spiro atoms. The van der Waals surface area contributed by atoms with E-state index in [-0.39, 0.29) is 28.5 Å². The van der Waals surface area contributed by atoms with Crippen molar-refractivity contribution in [3.05, 3.63) is 63.8 Å². The molecule has 7 heteroatoms. The Morgan fingerprint density at radius 1 is 1.50 bits per heavy atom. The SMILES string of the molecule is N#CC1=C(N)Oc2nc[nH]c(=O)c2C1c1cccnc1. The van der Waals surface area contributed by atoms with E-state index in [1.807, 2.05) is 6.07 Å². The summed E-state index contributed by atoms with van der Waals surface area (Å²) in [4.78, 5) is 22.5. The second-order valence-corrected chi connectivity index (χ2v) is 4.16. The van der Waals surface area contributed by atoms with Gasteiger partial charge in [0.25, 0.3) is 5.56 Å². The predicted molar refractivity (Wildman–Crippen MR) is 68.4 cm³/mol. The normalized spacial score (nSPS) is 17.1. The van der Waals surface area contributed by atoms with Gasteiger partial charge >= 0.3 is 0 Å². The van der Waals surface area contributed by atoms with Gasteiger partial charge in [0.15, 0.2) is 0 Å². The van der Waals surface area contributed by atoms with Crippen molar-refractivity contribution in [1.29, 1.82) is 5.26 Å². The lowest BCUT2D eigenvalue weighted by molar-refractivity contribution is 0.375. The number of aromatic nitrogens is 3. The Bertz CT molecular complexity index is 788. The van der Waals surface area contributed by atoms with Crippen LogP contribution in [-0.2, 0) is 0 Å². The number of nitrogens with two attached hydrogens (primary N) is 1. The highest BCUT2D eigenvalue weighted by Gasteiger charge is 2.33. The molecule has 0 fully saturated rings. The maximum Gasteiger partial charge on any atom is 0.258 e.